The van der Waals surface area contributed by atoms with Gasteiger partial charge in [0.2, 0.25) is 0 Å². The molecule has 0 atom stereocenters. The van der Waals surface area contributed by atoms with Crippen LogP contribution in [0.15, 0.2) is 57.6 Å². The molecule has 7 nitrogen and oxygen atoms in total. The zero-order valence-corrected chi connectivity index (χ0v) is 14.7. The van der Waals surface area contributed by atoms with Crippen LogP contribution < -0.4 is 4.83 Å². The van der Waals surface area contributed by atoms with Crippen molar-refractivity contribution in [2.45, 2.75) is 38.5 Å². The lowest BCUT2D eigenvalue weighted by molar-refractivity contribution is -0.384. The average molecular weight is 351 g/mol. The van der Waals surface area contributed by atoms with Crippen LogP contribution in [0.2, 0.25) is 0 Å². The Bertz CT molecular complexity index is 759. The number of nitrogens with one attached hydrogen (secondary N) is 1. The van der Waals surface area contributed by atoms with Gasteiger partial charge in [0.05, 0.1) is 9.82 Å². The van der Waals surface area contributed by atoms with E-state index in [-0.39, 0.29) is 10.6 Å². The third-order valence-corrected chi connectivity index (χ3v) is 4.29. The number of rotatable bonds is 8. The Morgan fingerprint density at radius 3 is 2.42 bits per heavy atom. The van der Waals surface area contributed by atoms with Crippen molar-refractivity contribution < 1.29 is 13.3 Å². The number of non-ortho nitro benzene ring substituents is 1. The number of hydrogen-bond acceptors (Lipinski definition) is 5. The van der Waals surface area contributed by atoms with Crippen molar-refractivity contribution in [3.05, 3.63) is 57.7 Å². The van der Waals surface area contributed by atoms with E-state index in [2.05, 4.69) is 16.0 Å². The zero-order chi connectivity index (χ0) is 18.2. The highest BCUT2D eigenvalue weighted by molar-refractivity contribution is 7.89. The van der Waals surface area contributed by atoms with E-state index in [0.29, 0.717) is 0 Å². The Morgan fingerprint density at radius 1 is 1.25 bits per heavy atom. The maximum absolute atomic E-state index is 12.0. The summed E-state index contributed by atoms with van der Waals surface area (Å²) < 4.78 is 24.0. The third kappa shape index (κ3) is 6.74. The zero-order valence-electron chi connectivity index (χ0n) is 13.9. The van der Waals surface area contributed by atoms with E-state index in [0.717, 1.165) is 42.7 Å². The summed E-state index contributed by atoms with van der Waals surface area (Å²) >= 11 is 0. The smallest absolute Gasteiger partial charge is 0.258 e. The van der Waals surface area contributed by atoms with E-state index in [1.807, 2.05) is 20.8 Å². The second-order valence-corrected chi connectivity index (χ2v) is 7.12. The summed E-state index contributed by atoms with van der Waals surface area (Å²) in [7, 11) is -3.84. The van der Waals surface area contributed by atoms with Crippen LogP contribution in [0.4, 0.5) is 5.69 Å². The molecule has 1 N–H and O–H groups in total. The molecule has 0 saturated carbocycles. The first-order valence-electron chi connectivity index (χ1n) is 7.31. The van der Waals surface area contributed by atoms with E-state index in [9.17, 15) is 18.5 Å². The Kier molecular flexibility index (Phi) is 7.31. The number of hydrogen-bond donors (Lipinski definition) is 1. The lowest BCUT2D eigenvalue weighted by Gasteiger charge is -2.02. The van der Waals surface area contributed by atoms with Crippen molar-refractivity contribution in [2.75, 3.05) is 0 Å². The lowest BCUT2D eigenvalue weighted by Crippen LogP contribution is -2.18. The first-order valence-corrected chi connectivity index (χ1v) is 8.79. The summed E-state index contributed by atoms with van der Waals surface area (Å²) in [6.07, 6.45) is 7.03. The van der Waals surface area contributed by atoms with Gasteiger partial charge in [-0.25, -0.2) is 4.83 Å². The van der Waals surface area contributed by atoms with Gasteiger partial charge in [-0.15, -0.1) is 0 Å². The molecular formula is C16H21N3O4S. The predicted octanol–water partition coefficient (Wildman–Crippen LogP) is 3.55. The Labute approximate surface area is 142 Å². The molecule has 0 spiro atoms. The highest BCUT2D eigenvalue weighted by Gasteiger charge is 2.14. The van der Waals surface area contributed by atoms with Gasteiger partial charge in [0, 0.05) is 18.3 Å². The minimum Gasteiger partial charge on any atom is -0.258 e. The summed E-state index contributed by atoms with van der Waals surface area (Å²) in [5.41, 5.74) is 2.16. The second-order valence-electron chi connectivity index (χ2n) is 5.46. The Morgan fingerprint density at radius 2 is 1.88 bits per heavy atom. The van der Waals surface area contributed by atoms with Gasteiger partial charge in [0.1, 0.15) is 0 Å². The number of nitro groups is 1. The molecule has 0 aliphatic heterocycles. The van der Waals surface area contributed by atoms with Crippen molar-refractivity contribution in [2.24, 2.45) is 5.10 Å². The number of hydrazone groups is 1. The topological polar surface area (TPSA) is 102 Å². The fourth-order valence-corrected chi connectivity index (χ4v) is 2.54. The molecule has 1 aromatic rings. The first kappa shape index (κ1) is 19.6. The third-order valence-electron chi connectivity index (χ3n) is 3.06. The van der Waals surface area contributed by atoms with Gasteiger partial charge in [-0.1, -0.05) is 17.2 Å². The number of nitro benzene ring substituents is 1. The van der Waals surface area contributed by atoms with Crippen LogP contribution in [-0.2, 0) is 10.0 Å². The lowest BCUT2D eigenvalue weighted by atomic mass is 10.1. The molecule has 0 aliphatic carbocycles. The SMILES string of the molecule is CC(C)=CCCC(C)=CC=NNS(=O)(=O)c1ccc([N+](=O)[O-])cc1. The van der Waals surface area contributed by atoms with Crippen LogP contribution >= 0.6 is 0 Å². The van der Waals surface area contributed by atoms with Crippen LogP contribution in [0.5, 0.6) is 0 Å². The highest BCUT2D eigenvalue weighted by Crippen LogP contribution is 2.15. The molecule has 0 bridgehead atoms. The maximum Gasteiger partial charge on any atom is 0.276 e. The molecule has 0 amide bonds. The quantitative estimate of drug-likeness (QED) is 0.335. The molecule has 1 aromatic carbocycles. The summed E-state index contributed by atoms with van der Waals surface area (Å²) in [6.45, 7) is 6.01. The molecule has 0 aliphatic rings. The second kappa shape index (κ2) is 8.97. The summed E-state index contributed by atoms with van der Waals surface area (Å²) in [6, 6.07) is 4.59. The van der Waals surface area contributed by atoms with E-state index in [1.165, 1.54) is 11.8 Å². The van der Waals surface area contributed by atoms with Gasteiger partial charge in [-0.3, -0.25) is 10.1 Å². The molecule has 8 heteroatoms. The highest BCUT2D eigenvalue weighted by atomic mass is 32.2. The van der Waals surface area contributed by atoms with Gasteiger partial charge >= 0.3 is 0 Å². The van der Waals surface area contributed by atoms with Crippen molar-refractivity contribution >= 4 is 21.9 Å². The fourth-order valence-electron chi connectivity index (χ4n) is 1.74. The van der Waals surface area contributed by atoms with Gasteiger partial charge in [0.25, 0.3) is 15.7 Å². The number of allylic oxidation sites excluding steroid dienone is 4. The van der Waals surface area contributed by atoms with Gasteiger partial charge in [-0.05, 0) is 51.8 Å². The van der Waals surface area contributed by atoms with Gasteiger partial charge < -0.3 is 0 Å². The minimum absolute atomic E-state index is 0.0884. The Hall–Kier alpha value is -2.48. The van der Waals surface area contributed by atoms with Crippen LogP contribution in [0.1, 0.15) is 33.6 Å². The minimum atomic E-state index is -3.84. The van der Waals surface area contributed by atoms with Crippen LogP contribution in [0.25, 0.3) is 0 Å². The van der Waals surface area contributed by atoms with E-state index in [1.54, 1.807) is 6.08 Å². The summed E-state index contributed by atoms with van der Waals surface area (Å²) in [5, 5.41) is 14.2. The molecular weight excluding hydrogens is 330 g/mol. The molecule has 24 heavy (non-hydrogen) atoms. The number of sulfonamides is 1. The monoisotopic (exact) mass is 351 g/mol. The molecule has 0 fully saturated rings. The first-order chi connectivity index (χ1) is 11.2. The maximum atomic E-state index is 12.0. The average Bonchev–Trinajstić information content (AvgIpc) is 2.51. The van der Waals surface area contributed by atoms with Gasteiger partial charge in [0.15, 0.2) is 0 Å². The normalized spacial score (nSPS) is 12.2. The van der Waals surface area contributed by atoms with Crippen LogP contribution in [0.3, 0.4) is 0 Å². The molecule has 1 rings (SSSR count). The summed E-state index contributed by atoms with van der Waals surface area (Å²) in [4.78, 5) is 11.9. The van der Waals surface area contributed by atoms with Crippen LogP contribution in [-0.4, -0.2) is 19.6 Å². The largest absolute Gasteiger partial charge is 0.276 e. The molecule has 130 valence electrons. The van der Waals surface area contributed by atoms with E-state index in [4.69, 9.17) is 0 Å². The summed E-state index contributed by atoms with van der Waals surface area (Å²) in [5.74, 6) is 0. The number of benzene rings is 1. The fraction of sp³-hybridized carbons (Fsp3) is 0.312. The molecule has 0 unspecified atom stereocenters. The standard InChI is InChI=1S/C16H21N3O4S/c1-13(2)5-4-6-14(3)11-12-17-18-24(22,23)16-9-7-15(8-10-16)19(20)21/h5,7-12,18H,4,6H2,1-3H3. The van der Waals surface area contributed by atoms with E-state index >= 15 is 0 Å². The van der Waals surface area contributed by atoms with Crippen molar-refractivity contribution in [1.29, 1.82) is 0 Å². The molecule has 0 saturated heterocycles. The molecule has 0 heterocycles. The van der Waals surface area contributed by atoms with Gasteiger partial charge in [-0.2, -0.15) is 13.5 Å². The number of nitrogens with zero attached hydrogens (tertiary/aromatic N) is 2. The van der Waals surface area contributed by atoms with Crippen molar-refractivity contribution in [1.82, 2.24) is 4.83 Å². The van der Waals surface area contributed by atoms with Crippen molar-refractivity contribution in [3.8, 4) is 0 Å². The van der Waals surface area contributed by atoms with Crippen molar-refractivity contribution in [3.63, 3.8) is 0 Å². The molecule has 0 radical (unpaired) electrons. The van der Waals surface area contributed by atoms with Crippen LogP contribution in [0, 0.1) is 10.1 Å². The Balaban J connectivity index is 2.64. The molecule has 0 aromatic heterocycles. The van der Waals surface area contributed by atoms with E-state index < -0.39 is 14.9 Å². The predicted molar refractivity (Wildman–Crippen MR) is 94.3 cm³/mol.